The van der Waals surface area contributed by atoms with Crippen molar-refractivity contribution < 1.29 is 32.2 Å². The second kappa shape index (κ2) is 6.88. The number of sulfonamides is 1. The third-order valence-corrected chi connectivity index (χ3v) is 10.5. The van der Waals surface area contributed by atoms with Gasteiger partial charge in [0.1, 0.15) is 10.6 Å². The van der Waals surface area contributed by atoms with Gasteiger partial charge in [-0.2, -0.15) is 4.31 Å². The Balaban J connectivity index is 1.36. The van der Waals surface area contributed by atoms with Gasteiger partial charge in [-0.3, -0.25) is 4.79 Å². The third-order valence-electron chi connectivity index (χ3n) is 7.99. The molecule has 180 valence electrons. The average molecular weight is 512 g/mol. The Bertz CT molecular complexity index is 1400. The average Bonchev–Trinajstić information content (AvgIpc) is 3.31. The number of carbonyl (C=O) groups excluding carboxylic acids is 1. The maximum Gasteiger partial charge on any atom is 0.273 e. The molecule has 0 bridgehead atoms. The molecule has 8 nitrogen and oxygen atoms in total. The summed E-state index contributed by atoms with van der Waals surface area (Å²) in [6.45, 7) is -0.209. The molecule has 12 heteroatoms. The molecule has 4 aliphatic rings. The van der Waals surface area contributed by atoms with Gasteiger partial charge in [-0.25, -0.2) is 17.2 Å². The van der Waals surface area contributed by atoms with Crippen molar-refractivity contribution in [2.75, 3.05) is 11.9 Å². The van der Waals surface area contributed by atoms with Gasteiger partial charge in [-0.05, 0) is 37.5 Å². The van der Waals surface area contributed by atoms with Crippen molar-refractivity contribution in [3.8, 4) is 0 Å². The van der Waals surface area contributed by atoms with Crippen LogP contribution >= 0.6 is 11.6 Å². The fraction of sp³-hybridized carbons (Fsp3) is 0.409. The van der Waals surface area contributed by atoms with Crippen LogP contribution in [0, 0.1) is 17.0 Å². The Morgan fingerprint density at radius 2 is 2.03 bits per heavy atom. The zero-order chi connectivity index (χ0) is 24.2. The minimum absolute atomic E-state index is 0.00867. The van der Waals surface area contributed by atoms with Gasteiger partial charge >= 0.3 is 0 Å². The summed E-state index contributed by atoms with van der Waals surface area (Å²) in [6.07, 6.45) is 4.59. The monoisotopic (exact) mass is 511 g/mol. The van der Waals surface area contributed by atoms with E-state index in [9.17, 15) is 32.2 Å². The minimum Gasteiger partial charge on any atom is -0.393 e. The molecule has 2 saturated carbocycles. The van der Waals surface area contributed by atoms with Gasteiger partial charge < -0.3 is 20.1 Å². The van der Waals surface area contributed by atoms with Crippen molar-refractivity contribution in [2.45, 2.75) is 48.4 Å². The molecule has 1 amide bonds. The lowest BCUT2D eigenvalue weighted by atomic mass is 9.37. The molecular formula is C22H20ClF2N3O5S. The maximum atomic E-state index is 13.8. The Hall–Kier alpha value is -2.31. The normalized spacial score (nSPS) is 31.1. The molecular weight excluding hydrogens is 492 g/mol. The molecule has 2 aliphatic carbocycles. The smallest absolute Gasteiger partial charge is 0.273 e. The van der Waals surface area contributed by atoms with Crippen LogP contribution in [0.3, 0.4) is 0 Å². The second-order valence-electron chi connectivity index (χ2n) is 9.31. The highest BCUT2D eigenvalue weighted by Gasteiger charge is 2.83. The molecule has 3 fully saturated rings. The maximum absolute atomic E-state index is 13.8. The Kier molecular flexibility index (Phi) is 4.49. The van der Waals surface area contributed by atoms with E-state index in [0.29, 0.717) is 12.8 Å². The number of allylic oxidation sites excluding steroid dienone is 1. The summed E-state index contributed by atoms with van der Waals surface area (Å²) in [5, 5.41) is 22.5. The van der Waals surface area contributed by atoms with Crippen LogP contribution in [0.1, 0.15) is 35.4 Å². The van der Waals surface area contributed by atoms with Crippen molar-refractivity contribution in [1.29, 1.82) is 0 Å². The van der Waals surface area contributed by atoms with Gasteiger partial charge in [0.15, 0.2) is 11.6 Å². The van der Waals surface area contributed by atoms with Crippen LogP contribution in [0.2, 0.25) is 5.02 Å². The standard InChI is InChI=1S/C22H20ClF2N3O5S/c23-17-18(20(30)26-11-3-4-12(24)13(25)8-11)27-7-1-2-14(27)19(17)34(32,33)28-15-5-6-22(15)16(28)9-21(22,31)10-29/h1-4,8,15-16,29,31H,5-7,9-10H2,(H,26,30)/t15?,16?,21-,22?/m0/s1. The number of hydrogen-bond acceptors (Lipinski definition) is 5. The lowest BCUT2D eigenvalue weighted by Gasteiger charge is -2.81. The zero-order valence-electron chi connectivity index (χ0n) is 17.6. The van der Waals surface area contributed by atoms with E-state index in [1.54, 1.807) is 12.2 Å². The summed E-state index contributed by atoms with van der Waals surface area (Å²) in [4.78, 5) is 12.8. The predicted octanol–water partition coefficient (Wildman–Crippen LogP) is 2.35. The largest absolute Gasteiger partial charge is 0.393 e. The summed E-state index contributed by atoms with van der Waals surface area (Å²) < 4.78 is 57.2. The molecule has 6 rings (SSSR count). The van der Waals surface area contributed by atoms with E-state index in [1.807, 2.05) is 0 Å². The van der Waals surface area contributed by atoms with Gasteiger partial charge in [0, 0.05) is 35.8 Å². The Morgan fingerprint density at radius 1 is 1.26 bits per heavy atom. The number of aliphatic hydroxyl groups is 2. The van der Waals surface area contributed by atoms with Crippen LogP contribution in [-0.2, 0) is 16.6 Å². The van der Waals surface area contributed by atoms with Crippen molar-refractivity contribution in [3.05, 3.63) is 52.3 Å². The molecule has 0 radical (unpaired) electrons. The number of rotatable bonds is 5. The molecule has 34 heavy (non-hydrogen) atoms. The van der Waals surface area contributed by atoms with Gasteiger partial charge in [0.05, 0.1) is 22.9 Å². The third kappa shape index (κ3) is 2.46. The number of nitrogens with zero attached hydrogens (tertiary/aromatic N) is 2. The van der Waals surface area contributed by atoms with E-state index in [0.717, 1.165) is 12.1 Å². The van der Waals surface area contributed by atoms with Crippen molar-refractivity contribution in [3.63, 3.8) is 0 Å². The minimum atomic E-state index is -4.13. The highest BCUT2D eigenvalue weighted by molar-refractivity contribution is 7.89. The Morgan fingerprint density at radius 3 is 2.65 bits per heavy atom. The van der Waals surface area contributed by atoms with E-state index < -0.39 is 57.3 Å². The first-order chi connectivity index (χ1) is 16.1. The molecule has 2 aromatic rings. The second-order valence-corrected chi connectivity index (χ2v) is 11.5. The molecule has 4 atom stereocenters. The Labute approximate surface area is 198 Å². The lowest BCUT2D eigenvalue weighted by Crippen LogP contribution is -2.92. The first-order valence-corrected chi connectivity index (χ1v) is 12.6. The fourth-order valence-corrected chi connectivity index (χ4v) is 9.06. The van der Waals surface area contributed by atoms with Gasteiger partial charge in [0.25, 0.3) is 5.91 Å². The van der Waals surface area contributed by atoms with E-state index in [2.05, 4.69) is 5.32 Å². The summed E-state index contributed by atoms with van der Waals surface area (Å²) in [7, 11) is -4.13. The van der Waals surface area contributed by atoms with Crippen molar-refractivity contribution in [2.24, 2.45) is 5.41 Å². The SMILES string of the molecule is O=C(Nc1ccc(F)c(F)c1)c1c(Cl)c(S(=O)(=O)N2C3CCC34C2C[C@]4(O)CO)c2n1CC=C2. The van der Waals surface area contributed by atoms with Crippen LogP contribution in [0.4, 0.5) is 14.5 Å². The van der Waals surface area contributed by atoms with Gasteiger partial charge in [-0.15, -0.1) is 0 Å². The number of carbonyl (C=O) groups is 1. The summed E-state index contributed by atoms with van der Waals surface area (Å²) in [5.74, 6) is -2.97. The van der Waals surface area contributed by atoms with Crippen LogP contribution in [0.5, 0.6) is 0 Å². The number of benzene rings is 1. The van der Waals surface area contributed by atoms with Crippen molar-refractivity contribution in [1.82, 2.24) is 8.87 Å². The quantitative estimate of drug-likeness (QED) is 0.570. The van der Waals surface area contributed by atoms with E-state index in [-0.39, 0.29) is 40.0 Å². The van der Waals surface area contributed by atoms with Crippen molar-refractivity contribution >= 4 is 39.3 Å². The van der Waals surface area contributed by atoms with Gasteiger partial charge in [-0.1, -0.05) is 17.7 Å². The van der Waals surface area contributed by atoms with E-state index in [1.165, 1.54) is 14.9 Å². The molecule has 1 aromatic heterocycles. The molecule has 1 spiro atoms. The topological polar surface area (TPSA) is 112 Å². The molecule has 1 saturated heterocycles. The first-order valence-electron chi connectivity index (χ1n) is 10.8. The number of nitrogens with one attached hydrogen (secondary N) is 1. The van der Waals surface area contributed by atoms with E-state index in [4.69, 9.17) is 11.6 Å². The summed E-state index contributed by atoms with van der Waals surface area (Å²) in [5.41, 5.74) is -1.77. The first kappa shape index (κ1) is 22.2. The van der Waals surface area contributed by atoms with Crippen LogP contribution in [-0.4, -0.2) is 57.7 Å². The fourth-order valence-electron chi connectivity index (χ4n) is 6.28. The van der Waals surface area contributed by atoms with Gasteiger partial charge in [0.2, 0.25) is 10.0 Å². The number of halogens is 3. The number of amides is 1. The number of aromatic nitrogens is 1. The number of fused-ring (bicyclic) bond motifs is 1. The molecule has 3 N–H and O–H groups in total. The van der Waals surface area contributed by atoms with E-state index >= 15 is 0 Å². The van der Waals surface area contributed by atoms with Crippen LogP contribution in [0.25, 0.3) is 6.08 Å². The molecule has 1 aromatic carbocycles. The predicted molar refractivity (Wildman–Crippen MR) is 118 cm³/mol. The van der Waals surface area contributed by atoms with Crippen LogP contribution < -0.4 is 5.32 Å². The molecule has 2 aliphatic heterocycles. The molecule has 3 unspecified atom stereocenters. The number of anilines is 1. The molecule has 3 heterocycles. The number of aliphatic hydroxyl groups excluding tert-OH is 1. The highest BCUT2D eigenvalue weighted by atomic mass is 35.5. The van der Waals surface area contributed by atoms with Crippen LogP contribution in [0.15, 0.2) is 29.2 Å². The summed E-state index contributed by atoms with van der Waals surface area (Å²) >= 11 is 6.52. The summed E-state index contributed by atoms with van der Waals surface area (Å²) in [6, 6.07) is 1.99. The number of piperidine rings is 2. The highest BCUT2D eigenvalue weighted by Crippen LogP contribution is 2.73. The number of hydrogen-bond donors (Lipinski definition) is 3. The lowest BCUT2D eigenvalue weighted by molar-refractivity contribution is -0.350. The zero-order valence-corrected chi connectivity index (χ0v) is 19.2.